The Morgan fingerprint density at radius 1 is 1.53 bits per heavy atom. The molecular formula is C12H15N5O2. The molecule has 0 bridgehead atoms. The van der Waals surface area contributed by atoms with Crippen molar-refractivity contribution in [3.63, 3.8) is 0 Å². The highest BCUT2D eigenvalue weighted by Crippen LogP contribution is 2.01. The number of aromatic carboxylic acids is 1. The minimum absolute atomic E-state index is 0.0325. The molecule has 7 heteroatoms. The second kappa shape index (κ2) is 6.05. The quantitative estimate of drug-likeness (QED) is 0.815. The molecular weight excluding hydrogens is 246 g/mol. The van der Waals surface area contributed by atoms with Gasteiger partial charge in [-0.25, -0.2) is 4.79 Å². The zero-order valence-electron chi connectivity index (χ0n) is 10.6. The maximum atomic E-state index is 10.7. The molecule has 2 aromatic heterocycles. The summed E-state index contributed by atoms with van der Waals surface area (Å²) in [6.45, 7) is 2.13. The Hall–Kier alpha value is -2.28. The molecule has 19 heavy (non-hydrogen) atoms. The van der Waals surface area contributed by atoms with Gasteiger partial charge in [-0.2, -0.15) is 0 Å². The van der Waals surface area contributed by atoms with Gasteiger partial charge >= 0.3 is 5.97 Å². The first-order valence-electron chi connectivity index (χ1n) is 5.86. The summed E-state index contributed by atoms with van der Waals surface area (Å²) in [5.41, 5.74) is 1.10. The van der Waals surface area contributed by atoms with Gasteiger partial charge in [0.15, 0.2) is 5.69 Å². The Labute approximate surface area is 110 Å². The number of hydrogen-bond acceptors (Lipinski definition) is 5. The molecule has 2 rings (SSSR count). The van der Waals surface area contributed by atoms with Gasteiger partial charge in [0.1, 0.15) is 0 Å². The summed E-state index contributed by atoms with van der Waals surface area (Å²) in [6, 6.07) is 3.92. The molecule has 7 nitrogen and oxygen atoms in total. The molecule has 0 amide bonds. The second-order valence-corrected chi connectivity index (χ2v) is 4.27. The molecule has 0 fully saturated rings. The fourth-order valence-corrected chi connectivity index (χ4v) is 1.66. The SMILES string of the molecule is CN(CCn1cc(C(=O)O)nn1)Cc1cccnc1. The van der Waals surface area contributed by atoms with Crippen molar-refractivity contribution in [1.29, 1.82) is 0 Å². The van der Waals surface area contributed by atoms with Crippen LogP contribution in [-0.2, 0) is 13.1 Å². The van der Waals surface area contributed by atoms with E-state index in [2.05, 4.69) is 20.2 Å². The highest BCUT2D eigenvalue weighted by molar-refractivity contribution is 5.84. The van der Waals surface area contributed by atoms with Crippen molar-refractivity contribution in [3.8, 4) is 0 Å². The van der Waals surface area contributed by atoms with Crippen LogP contribution in [0.2, 0.25) is 0 Å². The fourth-order valence-electron chi connectivity index (χ4n) is 1.66. The predicted molar refractivity (Wildman–Crippen MR) is 67.6 cm³/mol. The zero-order chi connectivity index (χ0) is 13.7. The summed E-state index contributed by atoms with van der Waals surface area (Å²) in [5, 5.41) is 16.1. The van der Waals surface area contributed by atoms with Gasteiger partial charge in [0.2, 0.25) is 0 Å². The number of carboxylic acid groups (broad SMARTS) is 1. The first-order valence-corrected chi connectivity index (χ1v) is 5.86. The summed E-state index contributed by atoms with van der Waals surface area (Å²) in [6.07, 6.45) is 5.00. The van der Waals surface area contributed by atoms with Gasteiger partial charge in [0.25, 0.3) is 0 Å². The summed E-state index contributed by atoms with van der Waals surface area (Å²) >= 11 is 0. The third-order valence-electron chi connectivity index (χ3n) is 2.64. The van der Waals surface area contributed by atoms with Crippen LogP contribution in [0.1, 0.15) is 16.1 Å². The van der Waals surface area contributed by atoms with E-state index in [1.165, 1.54) is 10.9 Å². The lowest BCUT2D eigenvalue weighted by molar-refractivity contribution is 0.0690. The second-order valence-electron chi connectivity index (χ2n) is 4.27. The number of nitrogens with zero attached hydrogens (tertiary/aromatic N) is 5. The van der Waals surface area contributed by atoms with Crippen LogP contribution in [0.25, 0.3) is 0 Å². The van der Waals surface area contributed by atoms with E-state index in [4.69, 9.17) is 5.11 Å². The molecule has 0 aliphatic rings. The van der Waals surface area contributed by atoms with E-state index in [1.807, 2.05) is 25.4 Å². The summed E-state index contributed by atoms with van der Waals surface area (Å²) in [7, 11) is 1.99. The minimum atomic E-state index is -1.06. The van der Waals surface area contributed by atoms with Crippen molar-refractivity contribution in [3.05, 3.63) is 42.0 Å². The third kappa shape index (κ3) is 3.85. The number of pyridine rings is 1. The van der Waals surface area contributed by atoms with Crippen molar-refractivity contribution in [1.82, 2.24) is 24.9 Å². The van der Waals surface area contributed by atoms with Gasteiger partial charge in [-0.15, -0.1) is 5.10 Å². The summed E-state index contributed by atoms with van der Waals surface area (Å²) in [5.74, 6) is -1.06. The topological polar surface area (TPSA) is 84.1 Å². The minimum Gasteiger partial charge on any atom is -0.476 e. The van der Waals surface area contributed by atoms with Crippen LogP contribution < -0.4 is 0 Å². The number of hydrogen-bond donors (Lipinski definition) is 1. The van der Waals surface area contributed by atoms with Gasteiger partial charge in [0.05, 0.1) is 12.7 Å². The van der Waals surface area contributed by atoms with Crippen molar-refractivity contribution < 1.29 is 9.90 Å². The van der Waals surface area contributed by atoms with E-state index >= 15 is 0 Å². The number of carbonyl (C=O) groups is 1. The van der Waals surface area contributed by atoms with E-state index in [1.54, 1.807) is 6.20 Å². The van der Waals surface area contributed by atoms with Crippen LogP contribution in [0.4, 0.5) is 0 Å². The highest BCUT2D eigenvalue weighted by Gasteiger charge is 2.08. The van der Waals surface area contributed by atoms with Crippen LogP contribution in [-0.4, -0.2) is 49.5 Å². The number of aromatic nitrogens is 4. The molecule has 0 saturated carbocycles. The molecule has 0 aromatic carbocycles. The first-order chi connectivity index (χ1) is 9.15. The molecule has 0 aliphatic heterocycles. The van der Waals surface area contributed by atoms with E-state index < -0.39 is 5.97 Å². The average Bonchev–Trinajstić information content (AvgIpc) is 2.86. The van der Waals surface area contributed by atoms with E-state index in [0.717, 1.165) is 18.7 Å². The average molecular weight is 261 g/mol. The van der Waals surface area contributed by atoms with Gasteiger partial charge in [0, 0.05) is 25.5 Å². The monoisotopic (exact) mass is 261 g/mol. The maximum absolute atomic E-state index is 10.7. The smallest absolute Gasteiger partial charge is 0.358 e. The van der Waals surface area contributed by atoms with E-state index in [-0.39, 0.29) is 5.69 Å². The number of carboxylic acids is 1. The fraction of sp³-hybridized carbons (Fsp3) is 0.333. The van der Waals surface area contributed by atoms with Crippen molar-refractivity contribution in [2.75, 3.05) is 13.6 Å². The molecule has 2 aromatic rings. The number of rotatable bonds is 6. The van der Waals surface area contributed by atoms with Crippen LogP contribution in [0, 0.1) is 0 Å². The normalized spacial score (nSPS) is 10.8. The van der Waals surface area contributed by atoms with Crippen LogP contribution in [0.5, 0.6) is 0 Å². The maximum Gasteiger partial charge on any atom is 0.358 e. The molecule has 1 N–H and O–H groups in total. The van der Waals surface area contributed by atoms with Crippen LogP contribution in [0.3, 0.4) is 0 Å². The lowest BCUT2D eigenvalue weighted by atomic mass is 10.3. The predicted octanol–water partition coefficient (Wildman–Crippen LogP) is 0.503. The van der Waals surface area contributed by atoms with Gasteiger partial charge in [-0.3, -0.25) is 9.67 Å². The van der Waals surface area contributed by atoms with Crippen molar-refractivity contribution >= 4 is 5.97 Å². The van der Waals surface area contributed by atoms with Crippen LogP contribution >= 0.6 is 0 Å². The van der Waals surface area contributed by atoms with Crippen molar-refractivity contribution in [2.45, 2.75) is 13.1 Å². The Kier molecular flexibility index (Phi) is 4.19. The molecule has 0 atom stereocenters. The number of likely N-dealkylation sites (N-methyl/N-ethyl adjacent to an activating group) is 1. The molecule has 100 valence electrons. The Morgan fingerprint density at radius 2 is 2.37 bits per heavy atom. The van der Waals surface area contributed by atoms with Crippen molar-refractivity contribution in [2.24, 2.45) is 0 Å². The van der Waals surface area contributed by atoms with E-state index in [0.29, 0.717) is 6.54 Å². The van der Waals surface area contributed by atoms with Gasteiger partial charge in [-0.1, -0.05) is 11.3 Å². The largest absolute Gasteiger partial charge is 0.476 e. The third-order valence-corrected chi connectivity index (χ3v) is 2.64. The Bertz CT molecular complexity index is 540. The Balaban J connectivity index is 1.83. The molecule has 0 aliphatic carbocycles. The lowest BCUT2D eigenvalue weighted by Crippen LogP contribution is -2.23. The lowest BCUT2D eigenvalue weighted by Gasteiger charge is -2.15. The molecule has 0 radical (unpaired) electrons. The molecule has 0 saturated heterocycles. The molecule has 0 spiro atoms. The summed E-state index contributed by atoms with van der Waals surface area (Å²) < 4.78 is 1.53. The van der Waals surface area contributed by atoms with Crippen LogP contribution in [0.15, 0.2) is 30.7 Å². The van der Waals surface area contributed by atoms with Gasteiger partial charge < -0.3 is 10.0 Å². The molecule has 2 heterocycles. The zero-order valence-corrected chi connectivity index (χ0v) is 10.6. The van der Waals surface area contributed by atoms with E-state index in [9.17, 15) is 4.79 Å². The highest BCUT2D eigenvalue weighted by atomic mass is 16.4. The summed E-state index contributed by atoms with van der Waals surface area (Å²) in [4.78, 5) is 16.8. The molecule has 0 unspecified atom stereocenters. The Morgan fingerprint density at radius 3 is 3.00 bits per heavy atom. The first kappa shape index (κ1) is 13.2. The van der Waals surface area contributed by atoms with Gasteiger partial charge in [-0.05, 0) is 18.7 Å². The standard InChI is InChI=1S/C12H15N5O2/c1-16(8-10-3-2-4-13-7-10)5-6-17-9-11(12(18)19)14-15-17/h2-4,7,9H,5-6,8H2,1H3,(H,18,19).